The lowest BCUT2D eigenvalue weighted by Gasteiger charge is -2.38. The number of benzene rings is 1. The van der Waals surface area contributed by atoms with Crippen LogP contribution in [-0.4, -0.2) is 43.1 Å². The molecular weight excluding hydrogens is 383 g/mol. The standard InChI is InChI=1S/C18H24Cl2N2O2.ClH/c1-12(14-9-21-10-14)18(23)22-6-4-15(5-7-22)24-11-13-2-3-16(19)17(20)8-13;/h2-3,8,12,14-15,21H,4-7,9-11H2,1H3;1H. The molecule has 2 aliphatic rings. The first-order valence-corrected chi connectivity index (χ1v) is 9.35. The summed E-state index contributed by atoms with van der Waals surface area (Å²) >= 11 is 11.9. The molecule has 140 valence electrons. The molecule has 2 aliphatic heterocycles. The van der Waals surface area contributed by atoms with E-state index >= 15 is 0 Å². The molecule has 4 nitrogen and oxygen atoms in total. The molecule has 25 heavy (non-hydrogen) atoms. The van der Waals surface area contributed by atoms with E-state index in [0.29, 0.717) is 28.5 Å². The van der Waals surface area contributed by atoms with Gasteiger partial charge in [-0.1, -0.05) is 36.2 Å². The summed E-state index contributed by atoms with van der Waals surface area (Å²) in [6.07, 6.45) is 1.98. The number of hydrogen-bond donors (Lipinski definition) is 1. The summed E-state index contributed by atoms with van der Waals surface area (Å²) in [5, 5.41) is 4.35. The first kappa shape index (κ1) is 20.8. The summed E-state index contributed by atoms with van der Waals surface area (Å²) < 4.78 is 5.98. The van der Waals surface area contributed by atoms with Crippen molar-refractivity contribution in [3.8, 4) is 0 Å². The molecule has 3 rings (SSSR count). The molecule has 2 saturated heterocycles. The second-order valence-electron chi connectivity index (χ2n) is 6.79. The summed E-state index contributed by atoms with van der Waals surface area (Å²) in [7, 11) is 0. The Balaban J connectivity index is 0.00000225. The van der Waals surface area contributed by atoms with Gasteiger partial charge in [0.05, 0.1) is 22.8 Å². The number of piperidine rings is 1. The Morgan fingerprint density at radius 1 is 1.28 bits per heavy atom. The van der Waals surface area contributed by atoms with Crippen LogP contribution in [0.15, 0.2) is 18.2 Å². The SMILES string of the molecule is CC(C(=O)N1CCC(OCc2ccc(Cl)c(Cl)c2)CC1)C1CNC1.Cl. The van der Waals surface area contributed by atoms with Crippen LogP contribution in [-0.2, 0) is 16.1 Å². The molecule has 0 bridgehead atoms. The predicted octanol–water partition coefficient (Wildman–Crippen LogP) is 3.78. The van der Waals surface area contributed by atoms with Gasteiger partial charge in [0.1, 0.15) is 0 Å². The number of ether oxygens (including phenoxy) is 1. The number of amides is 1. The second kappa shape index (κ2) is 9.43. The van der Waals surface area contributed by atoms with Gasteiger partial charge >= 0.3 is 0 Å². The van der Waals surface area contributed by atoms with Gasteiger partial charge in [0.25, 0.3) is 0 Å². The Bertz CT molecular complexity index is 588. The molecule has 0 aliphatic carbocycles. The van der Waals surface area contributed by atoms with Crippen LogP contribution in [0.3, 0.4) is 0 Å². The molecule has 1 amide bonds. The number of nitrogens with one attached hydrogen (secondary N) is 1. The molecule has 1 aromatic carbocycles. The highest BCUT2D eigenvalue weighted by atomic mass is 35.5. The second-order valence-corrected chi connectivity index (χ2v) is 7.61. The lowest BCUT2D eigenvalue weighted by molar-refractivity contribution is -0.140. The molecule has 0 spiro atoms. The van der Waals surface area contributed by atoms with Crippen molar-refractivity contribution >= 4 is 41.5 Å². The van der Waals surface area contributed by atoms with Crippen LogP contribution in [0.1, 0.15) is 25.3 Å². The molecular formula is C18H25Cl3N2O2. The van der Waals surface area contributed by atoms with Crippen molar-refractivity contribution in [2.75, 3.05) is 26.2 Å². The van der Waals surface area contributed by atoms with Crippen LogP contribution in [0.25, 0.3) is 0 Å². The Hall–Kier alpha value is -0.520. The number of hydrogen-bond acceptors (Lipinski definition) is 3. The topological polar surface area (TPSA) is 41.6 Å². The van der Waals surface area contributed by atoms with Gasteiger partial charge in [-0.05, 0) is 49.5 Å². The molecule has 1 N–H and O–H groups in total. The number of halogens is 3. The minimum atomic E-state index is 0. The Kier molecular flexibility index (Phi) is 7.84. The summed E-state index contributed by atoms with van der Waals surface area (Å²) in [6.45, 7) is 6.09. The fourth-order valence-corrected chi connectivity index (χ4v) is 3.56. The minimum absolute atomic E-state index is 0. The van der Waals surface area contributed by atoms with Crippen LogP contribution >= 0.6 is 35.6 Å². The van der Waals surface area contributed by atoms with Crippen LogP contribution in [0, 0.1) is 11.8 Å². The highest BCUT2D eigenvalue weighted by molar-refractivity contribution is 6.42. The van der Waals surface area contributed by atoms with Gasteiger partial charge in [-0.3, -0.25) is 4.79 Å². The van der Waals surface area contributed by atoms with Gasteiger partial charge in [-0.2, -0.15) is 0 Å². The van der Waals surface area contributed by atoms with Crippen LogP contribution < -0.4 is 5.32 Å². The third-order valence-corrected chi connectivity index (χ3v) is 5.87. The summed E-state index contributed by atoms with van der Waals surface area (Å²) in [5.41, 5.74) is 1.02. The van der Waals surface area contributed by atoms with Crippen LogP contribution in [0.4, 0.5) is 0 Å². The number of carbonyl (C=O) groups excluding carboxylic acids is 1. The summed E-state index contributed by atoms with van der Waals surface area (Å²) in [5.74, 6) is 0.922. The highest BCUT2D eigenvalue weighted by Crippen LogP contribution is 2.25. The lowest BCUT2D eigenvalue weighted by Crippen LogP contribution is -2.52. The maximum Gasteiger partial charge on any atom is 0.225 e. The van der Waals surface area contributed by atoms with Gasteiger partial charge in [-0.15, -0.1) is 12.4 Å². The zero-order valence-electron chi connectivity index (χ0n) is 14.3. The Labute approximate surface area is 165 Å². The fourth-order valence-electron chi connectivity index (χ4n) is 3.24. The van der Waals surface area contributed by atoms with Gasteiger partial charge in [0.15, 0.2) is 0 Å². The average molecular weight is 408 g/mol. The molecule has 1 unspecified atom stereocenters. The number of carbonyl (C=O) groups is 1. The molecule has 0 saturated carbocycles. The van der Waals surface area contributed by atoms with E-state index in [2.05, 4.69) is 12.2 Å². The smallest absolute Gasteiger partial charge is 0.225 e. The maximum atomic E-state index is 12.5. The average Bonchev–Trinajstić information content (AvgIpc) is 2.54. The van der Waals surface area contributed by atoms with Crippen molar-refractivity contribution in [2.45, 2.75) is 32.5 Å². The highest BCUT2D eigenvalue weighted by Gasteiger charge is 2.33. The predicted molar refractivity (Wildman–Crippen MR) is 104 cm³/mol. The van der Waals surface area contributed by atoms with E-state index in [9.17, 15) is 4.79 Å². The third-order valence-electron chi connectivity index (χ3n) is 5.13. The molecule has 0 aromatic heterocycles. The molecule has 2 heterocycles. The first-order valence-electron chi connectivity index (χ1n) is 8.59. The van der Waals surface area contributed by atoms with Crippen molar-refractivity contribution < 1.29 is 9.53 Å². The van der Waals surface area contributed by atoms with Crippen LogP contribution in [0.5, 0.6) is 0 Å². The molecule has 1 aromatic rings. The van der Waals surface area contributed by atoms with E-state index < -0.39 is 0 Å². The largest absolute Gasteiger partial charge is 0.373 e. The van der Waals surface area contributed by atoms with Crippen LogP contribution in [0.2, 0.25) is 10.0 Å². The molecule has 1 atom stereocenters. The van der Waals surface area contributed by atoms with Gasteiger partial charge < -0.3 is 15.0 Å². The van der Waals surface area contributed by atoms with E-state index in [1.54, 1.807) is 6.07 Å². The van der Waals surface area contributed by atoms with Crippen molar-refractivity contribution in [2.24, 2.45) is 11.8 Å². The quantitative estimate of drug-likeness (QED) is 0.807. The zero-order chi connectivity index (χ0) is 17.1. The van der Waals surface area contributed by atoms with Gasteiger partial charge in [0, 0.05) is 19.0 Å². The molecule has 0 radical (unpaired) electrons. The van der Waals surface area contributed by atoms with E-state index in [1.807, 2.05) is 17.0 Å². The number of rotatable bonds is 5. The van der Waals surface area contributed by atoms with Crippen molar-refractivity contribution in [1.82, 2.24) is 10.2 Å². The van der Waals surface area contributed by atoms with E-state index in [4.69, 9.17) is 27.9 Å². The summed E-state index contributed by atoms with van der Waals surface area (Å²) in [4.78, 5) is 14.5. The third kappa shape index (κ3) is 5.24. The van der Waals surface area contributed by atoms with E-state index in [0.717, 1.165) is 44.6 Å². The maximum absolute atomic E-state index is 12.5. The van der Waals surface area contributed by atoms with E-state index in [-0.39, 0.29) is 24.4 Å². The van der Waals surface area contributed by atoms with Crippen molar-refractivity contribution in [3.05, 3.63) is 33.8 Å². The van der Waals surface area contributed by atoms with Crippen molar-refractivity contribution in [3.63, 3.8) is 0 Å². The first-order chi connectivity index (χ1) is 11.5. The normalized spacial score (nSPS) is 19.9. The monoisotopic (exact) mass is 406 g/mol. The summed E-state index contributed by atoms with van der Waals surface area (Å²) in [6, 6.07) is 5.57. The molecule has 7 heteroatoms. The Morgan fingerprint density at radius 3 is 2.52 bits per heavy atom. The molecule has 2 fully saturated rings. The van der Waals surface area contributed by atoms with Gasteiger partial charge in [0.2, 0.25) is 5.91 Å². The number of nitrogens with zero attached hydrogens (tertiary/aromatic N) is 1. The lowest BCUT2D eigenvalue weighted by atomic mass is 9.87. The van der Waals surface area contributed by atoms with Gasteiger partial charge in [-0.25, -0.2) is 0 Å². The zero-order valence-corrected chi connectivity index (χ0v) is 16.7. The number of likely N-dealkylation sites (tertiary alicyclic amines) is 1. The fraction of sp³-hybridized carbons (Fsp3) is 0.611. The van der Waals surface area contributed by atoms with Crippen molar-refractivity contribution in [1.29, 1.82) is 0 Å². The Morgan fingerprint density at radius 2 is 1.96 bits per heavy atom. The van der Waals surface area contributed by atoms with E-state index in [1.165, 1.54) is 0 Å². The minimum Gasteiger partial charge on any atom is -0.373 e.